The summed E-state index contributed by atoms with van der Waals surface area (Å²) in [7, 11) is 4.18. The molecule has 1 saturated heterocycles. The largest absolute Gasteiger partial charge is 0.356 e. The van der Waals surface area contributed by atoms with Crippen LogP contribution < -0.4 is 4.90 Å². The molecule has 27 heavy (non-hydrogen) atoms. The fourth-order valence-corrected chi connectivity index (χ4v) is 4.20. The third-order valence-corrected chi connectivity index (χ3v) is 5.66. The molecule has 142 valence electrons. The van der Waals surface area contributed by atoms with Gasteiger partial charge in [0.1, 0.15) is 29.4 Å². The minimum Gasteiger partial charge on any atom is -0.356 e. The van der Waals surface area contributed by atoms with Crippen molar-refractivity contribution in [1.29, 1.82) is 0 Å². The summed E-state index contributed by atoms with van der Waals surface area (Å²) in [5, 5.41) is 10.3. The highest BCUT2D eigenvalue weighted by atomic mass is 15.3. The number of aromatic amines is 1. The molecule has 1 saturated carbocycles. The average molecular weight is 366 g/mol. The standard InChI is InChI=1S/C19H26N8/c1-25(2)11-16-23-24-18(27(16)14-3-4-14)13-6-9-26(10-7-13)19-15-5-8-20-17(15)21-12-22-19/h5,8,12-14H,3-4,6-7,9-11H2,1-2H3,(H,20,21,22). The predicted octanol–water partition coefficient (Wildman–Crippen LogP) is 2.33. The van der Waals surface area contributed by atoms with Crippen molar-refractivity contribution in [1.82, 2.24) is 34.6 Å². The SMILES string of the molecule is CN(C)Cc1nnc(C2CCN(c3ncnc4[nH]ccc34)CC2)n1C1CC1. The van der Waals surface area contributed by atoms with Crippen LogP contribution in [0.2, 0.25) is 0 Å². The molecule has 0 radical (unpaired) electrons. The minimum atomic E-state index is 0.480. The molecule has 2 aliphatic rings. The van der Waals surface area contributed by atoms with E-state index in [9.17, 15) is 0 Å². The Morgan fingerprint density at radius 1 is 1.11 bits per heavy atom. The van der Waals surface area contributed by atoms with Gasteiger partial charge in [0.2, 0.25) is 0 Å². The van der Waals surface area contributed by atoms with Crippen LogP contribution in [0.4, 0.5) is 5.82 Å². The molecule has 0 atom stereocenters. The third-order valence-electron chi connectivity index (χ3n) is 5.66. The van der Waals surface area contributed by atoms with Crippen molar-refractivity contribution in [3.63, 3.8) is 0 Å². The van der Waals surface area contributed by atoms with Crippen LogP contribution in [0.3, 0.4) is 0 Å². The first-order valence-electron chi connectivity index (χ1n) is 9.82. The fraction of sp³-hybridized carbons (Fsp3) is 0.579. The van der Waals surface area contributed by atoms with Crippen LogP contribution in [0.5, 0.6) is 0 Å². The molecule has 2 fully saturated rings. The van der Waals surface area contributed by atoms with E-state index < -0.39 is 0 Å². The van der Waals surface area contributed by atoms with Crippen molar-refractivity contribution >= 4 is 16.9 Å². The van der Waals surface area contributed by atoms with Crippen LogP contribution >= 0.6 is 0 Å². The Morgan fingerprint density at radius 3 is 2.67 bits per heavy atom. The van der Waals surface area contributed by atoms with Crippen LogP contribution in [-0.2, 0) is 6.54 Å². The highest BCUT2D eigenvalue weighted by molar-refractivity contribution is 5.87. The predicted molar refractivity (Wildman–Crippen MR) is 104 cm³/mol. The molecule has 0 aromatic carbocycles. The Labute approximate surface area is 158 Å². The summed E-state index contributed by atoms with van der Waals surface area (Å²) < 4.78 is 2.44. The van der Waals surface area contributed by atoms with Crippen LogP contribution in [0, 0.1) is 0 Å². The van der Waals surface area contributed by atoms with Crippen molar-refractivity contribution in [3.8, 4) is 0 Å². The number of nitrogens with one attached hydrogen (secondary N) is 1. The minimum absolute atomic E-state index is 0.480. The molecule has 8 nitrogen and oxygen atoms in total. The maximum absolute atomic E-state index is 4.63. The fourth-order valence-electron chi connectivity index (χ4n) is 4.20. The Balaban J connectivity index is 1.35. The van der Waals surface area contributed by atoms with E-state index in [1.807, 2.05) is 6.20 Å². The van der Waals surface area contributed by atoms with E-state index in [1.165, 1.54) is 18.7 Å². The Kier molecular flexibility index (Phi) is 4.07. The number of piperidine rings is 1. The van der Waals surface area contributed by atoms with E-state index in [0.717, 1.165) is 55.2 Å². The van der Waals surface area contributed by atoms with Gasteiger partial charge in [0.15, 0.2) is 0 Å². The van der Waals surface area contributed by atoms with Crippen LogP contribution in [0.25, 0.3) is 11.0 Å². The van der Waals surface area contributed by atoms with Crippen molar-refractivity contribution in [2.24, 2.45) is 0 Å². The molecular formula is C19H26N8. The summed E-state index contributed by atoms with van der Waals surface area (Å²) in [4.78, 5) is 16.6. The van der Waals surface area contributed by atoms with Crippen LogP contribution in [0.1, 0.15) is 49.3 Å². The van der Waals surface area contributed by atoms with Gasteiger partial charge >= 0.3 is 0 Å². The third kappa shape index (κ3) is 3.07. The van der Waals surface area contributed by atoms with Crippen LogP contribution in [0.15, 0.2) is 18.6 Å². The second kappa shape index (κ2) is 6.60. The van der Waals surface area contributed by atoms with E-state index in [1.54, 1.807) is 6.33 Å². The lowest BCUT2D eigenvalue weighted by Gasteiger charge is -2.32. The summed E-state index contributed by atoms with van der Waals surface area (Å²) in [6, 6.07) is 2.68. The Morgan fingerprint density at radius 2 is 1.93 bits per heavy atom. The number of H-pyrrole nitrogens is 1. The lowest BCUT2D eigenvalue weighted by atomic mass is 9.95. The van der Waals surface area contributed by atoms with Gasteiger partial charge in [0.25, 0.3) is 0 Å². The van der Waals surface area contributed by atoms with Gasteiger partial charge in [-0.05, 0) is 45.8 Å². The number of hydrogen-bond acceptors (Lipinski definition) is 6. The molecule has 0 spiro atoms. The van der Waals surface area contributed by atoms with Crippen molar-refractivity contribution in [3.05, 3.63) is 30.2 Å². The van der Waals surface area contributed by atoms with E-state index >= 15 is 0 Å². The highest BCUT2D eigenvalue weighted by Gasteiger charge is 2.34. The molecule has 4 heterocycles. The number of fused-ring (bicyclic) bond motifs is 1. The molecular weight excluding hydrogens is 340 g/mol. The normalized spacial score (nSPS) is 18.7. The number of rotatable bonds is 5. The topological polar surface area (TPSA) is 78.8 Å². The van der Waals surface area contributed by atoms with Gasteiger partial charge in [0.05, 0.1) is 11.9 Å². The van der Waals surface area contributed by atoms with Gasteiger partial charge in [-0.15, -0.1) is 10.2 Å². The summed E-state index contributed by atoms with van der Waals surface area (Å²) >= 11 is 0. The van der Waals surface area contributed by atoms with E-state index in [4.69, 9.17) is 0 Å². The Hall–Kier alpha value is -2.48. The quantitative estimate of drug-likeness (QED) is 0.747. The number of hydrogen-bond donors (Lipinski definition) is 1. The maximum Gasteiger partial charge on any atom is 0.147 e. The highest BCUT2D eigenvalue weighted by Crippen LogP contribution is 2.40. The zero-order chi connectivity index (χ0) is 18.4. The van der Waals surface area contributed by atoms with Gasteiger partial charge in [0, 0.05) is 31.2 Å². The number of aromatic nitrogens is 6. The molecule has 1 aliphatic carbocycles. The molecule has 1 N–H and O–H groups in total. The molecule has 0 amide bonds. The maximum atomic E-state index is 4.63. The van der Waals surface area contributed by atoms with Gasteiger partial charge in [-0.25, -0.2) is 9.97 Å². The molecule has 1 aliphatic heterocycles. The summed E-state index contributed by atoms with van der Waals surface area (Å²) in [5.74, 6) is 3.83. The first kappa shape index (κ1) is 16.7. The summed E-state index contributed by atoms with van der Waals surface area (Å²) in [6.45, 7) is 2.83. The zero-order valence-corrected chi connectivity index (χ0v) is 16.0. The van der Waals surface area contributed by atoms with Gasteiger partial charge in [-0.1, -0.05) is 0 Å². The first-order chi connectivity index (χ1) is 13.2. The van der Waals surface area contributed by atoms with E-state index in [2.05, 4.69) is 59.7 Å². The molecule has 3 aromatic heterocycles. The van der Waals surface area contributed by atoms with Crippen LogP contribution in [-0.4, -0.2) is 61.8 Å². The van der Waals surface area contributed by atoms with Gasteiger partial charge in [-0.3, -0.25) is 0 Å². The molecule has 3 aromatic rings. The number of nitrogens with zero attached hydrogens (tertiary/aromatic N) is 7. The first-order valence-corrected chi connectivity index (χ1v) is 9.82. The lowest BCUT2D eigenvalue weighted by Crippen LogP contribution is -2.34. The zero-order valence-electron chi connectivity index (χ0n) is 16.0. The van der Waals surface area contributed by atoms with E-state index in [-0.39, 0.29) is 0 Å². The number of anilines is 1. The van der Waals surface area contributed by atoms with Crippen molar-refractivity contribution in [2.75, 3.05) is 32.1 Å². The smallest absolute Gasteiger partial charge is 0.147 e. The lowest BCUT2D eigenvalue weighted by molar-refractivity contribution is 0.376. The van der Waals surface area contributed by atoms with E-state index in [0.29, 0.717) is 12.0 Å². The van der Waals surface area contributed by atoms with Gasteiger partial charge < -0.3 is 19.4 Å². The van der Waals surface area contributed by atoms with Gasteiger partial charge in [-0.2, -0.15) is 0 Å². The van der Waals surface area contributed by atoms with Crippen molar-refractivity contribution in [2.45, 2.75) is 44.2 Å². The average Bonchev–Trinajstić information content (AvgIpc) is 3.24. The second-order valence-corrected chi connectivity index (χ2v) is 8.01. The summed E-state index contributed by atoms with van der Waals surface area (Å²) in [6.07, 6.45) is 8.27. The van der Waals surface area contributed by atoms with Crippen molar-refractivity contribution < 1.29 is 0 Å². The Bertz CT molecular complexity index is 930. The molecule has 0 bridgehead atoms. The second-order valence-electron chi connectivity index (χ2n) is 8.01. The molecule has 8 heteroatoms. The molecule has 0 unspecified atom stereocenters. The summed E-state index contributed by atoms with van der Waals surface area (Å²) in [5.41, 5.74) is 0.906. The molecule has 5 rings (SSSR count). The monoisotopic (exact) mass is 366 g/mol.